The molecule has 1 atom stereocenters. The highest BCUT2D eigenvalue weighted by molar-refractivity contribution is 6.01. The average molecular weight is 845 g/mol. The van der Waals surface area contributed by atoms with Gasteiger partial charge in [0.2, 0.25) is 0 Å². The molecule has 0 saturated carbocycles. The van der Waals surface area contributed by atoms with E-state index in [1.807, 2.05) is 42.6 Å². The van der Waals surface area contributed by atoms with Gasteiger partial charge in [0.1, 0.15) is 0 Å². The van der Waals surface area contributed by atoms with Crippen molar-refractivity contribution in [1.82, 2.24) is 19.9 Å². The third-order valence-corrected chi connectivity index (χ3v) is 13.6. The fourth-order valence-corrected chi connectivity index (χ4v) is 10.6. The van der Waals surface area contributed by atoms with Crippen molar-refractivity contribution in [2.75, 3.05) is 0 Å². The van der Waals surface area contributed by atoms with Crippen LogP contribution in [0.2, 0.25) is 0 Å². The average Bonchev–Trinajstić information content (AvgIpc) is 3.85. The van der Waals surface area contributed by atoms with Crippen molar-refractivity contribution in [3.8, 4) is 56.4 Å². The monoisotopic (exact) mass is 844 g/mol. The summed E-state index contributed by atoms with van der Waals surface area (Å²) in [5.74, 6) is 2.03. The van der Waals surface area contributed by atoms with E-state index in [1.54, 1.807) is 0 Å². The van der Waals surface area contributed by atoms with Gasteiger partial charge in [-0.15, -0.1) is 0 Å². The Kier molecular flexibility index (Phi) is 9.53. The molecule has 66 heavy (non-hydrogen) atoms. The number of nitrogens with zero attached hydrogens (tertiary/aromatic N) is 4. The number of hydrogen-bond donors (Lipinski definition) is 0. The molecule has 0 radical (unpaired) electrons. The first-order valence-corrected chi connectivity index (χ1v) is 22.7. The highest BCUT2D eigenvalue weighted by atomic mass is 15.0. The standard InChI is InChI=1S/C62H44N4/c1-3-4-20-53-52-23-10-13-27-56(52)62(54-25-11-8-21-50(54)51-22-9-12-26-55(51)62)57(53)48-37-36-47(39-40(48)2)41-28-32-45(33-29-41)60-64-59(44-16-6-5-7-17-44)65-61(66-60)46-34-30-42(31-35-46)49-24-14-18-43-19-15-38-63-58(43)49/h3-40H,1-2H3/b4-3-,53-20+,57-48-. The SMILES string of the molecule is C\C=C/C=C1/C(=C2\C=CC(c3ccc(-c4nc(-c5ccccc5)nc(-c5ccc(-c6cccc7cccnc67)cc5)n4)cc3)=CC2C)C2(c3ccccc31)c1ccccc1-c1ccccc12. The molecule has 1 spiro atoms. The number of fused-ring (bicyclic) bond motifs is 8. The van der Waals surface area contributed by atoms with E-state index >= 15 is 0 Å². The first-order valence-electron chi connectivity index (χ1n) is 22.7. The summed E-state index contributed by atoms with van der Waals surface area (Å²) in [6.07, 6.45) is 15.6. The number of hydrogen-bond acceptors (Lipinski definition) is 4. The highest BCUT2D eigenvalue weighted by Gasteiger charge is 2.54. The van der Waals surface area contributed by atoms with Gasteiger partial charge >= 0.3 is 0 Å². The van der Waals surface area contributed by atoms with E-state index in [4.69, 9.17) is 15.0 Å². The number of aromatic nitrogens is 4. The van der Waals surface area contributed by atoms with Gasteiger partial charge in [-0.1, -0.05) is 219 Å². The van der Waals surface area contributed by atoms with E-state index in [0.717, 1.165) is 44.3 Å². The van der Waals surface area contributed by atoms with Crippen LogP contribution in [0.5, 0.6) is 0 Å². The lowest BCUT2D eigenvalue weighted by atomic mass is 9.67. The smallest absolute Gasteiger partial charge is 0.164 e. The lowest BCUT2D eigenvalue weighted by Crippen LogP contribution is -2.28. The summed E-state index contributed by atoms with van der Waals surface area (Å²) < 4.78 is 0. The second kappa shape index (κ2) is 16.0. The zero-order valence-corrected chi connectivity index (χ0v) is 36.7. The van der Waals surface area contributed by atoms with Crippen LogP contribution in [0.4, 0.5) is 0 Å². The zero-order chi connectivity index (χ0) is 44.2. The van der Waals surface area contributed by atoms with E-state index in [9.17, 15) is 0 Å². The fraction of sp³-hybridized carbons (Fsp3) is 0.0645. The van der Waals surface area contributed by atoms with Crippen molar-refractivity contribution < 1.29 is 0 Å². The number of para-hydroxylation sites is 1. The quantitative estimate of drug-likeness (QED) is 0.167. The lowest BCUT2D eigenvalue weighted by molar-refractivity contribution is 0.758. The van der Waals surface area contributed by atoms with Crippen LogP contribution in [0.15, 0.2) is 236 Å². The molecular weight excluding hydrogens is 801 g/mol. The summed E-state index contributed by atoms with van der Waals surface area (Å²) in [5, 5.41) is 1.12. The van der Waals surface area contributed by atoms with Gasteiger partial charge in [-0.05, 0) is 79.8 Å². The summed E-state index contributed by atoms with van der Waals surface area (Å²) in [7, 11) is 0. The Balaban J connectivity index is 0.916. The van der Waals surface area contributed by atoms with Crippen molar-refractivity contribution >= 4 is 22.0 Å². The van der Waals surface area contributed by atoms with Crippen LogP contribution in [-0.4, -0.2) is 19.9 Å². The maximum atomic E-state index is 5.09. The second-order valence-corrected chi connectivity index (χ2v) is 17.3. The lowest BCUT2D eigenvalue weighted by Gasteiger charge is -2.34. The van der Waals surface area contributed by atoms with Crippen LogP contribution in [0.1, 0.15) is 41.7 Å². The Bertz CT molecular complexity index is 3480. The molecule has 12 rings (SSSR count). The first-order chi connectivity index (χ1) is 32.6. The van der Waals surface area contributed by atoms with Crippen molar-refractivity contribution in [1.29, 1.82) is 0 Å². The molecule has 2 heterocycles. The van der Waals surface area contributed by atoms with E-state index < -0.39 is 5.41 Å². The Morgan fingerprint density at radius 3 is 1.61 bits per heavy atom. The molecule has 1 unspecified atom stereocenters. The minimum absolute atomic E-state index is 0.141. The van der Waals surface area contributed by atoms with Crippen LogP contribution in [0.25, 0.3) is 78.5 Å². The Morgan fingerprint density at radius 2 is 0.985 bits per heavy atom. The van der Waals surface area contributed by atoms with Crippen LogP contribution >= 0.6 is 0 Å². The Hall–Kier alpha value is -8.34. The van der Waals surface area contributed by atoms with E-state index in [1.165, 1.54) is 55.7 Å². The van der Waals surface area contributed by atoms with Gasteiger partial charge < -0.3 is 0 Å². The van der Waals surface area contributed by atoms with Gasteiger partial charge in [0.15, 0.2) is 17.5 Å². The Labute approximate surface area is 385 Å². The van der Waals surface area contributed by atoms with Crippen molar-refractivity contribution in [2.24, 2.45) is 5.92 Å². The van der Waals surface area contributed by atoms with E-state index in [-0.39, 0.29) is 5.92 Å². The van der Waals surface area contributed by atoms with Crippen molar-refractivity contribution in [2.45, 2.75) is 19.3 Å². The molecule has 0 saturated heterocycles. The summed E-state index contributed by atoms with van der Waals surface area (Å²) in [5.41, 5.74) is 19.8. The van der Waals surface area contributed by atoms with E-state index in [0.29, 0.717) is 17.5 Å². The maximum absolute atomic E-state index is 5.09. The van der Waals surface area contributed by atoms with Crippen LogP contribution < -0.4 is 0 Å². The van der Waals surface area contributed by atoms with Gasteiger partial charge in [-0.3, -0.25) is 4.98 Å². The zero-order valence-electron chi connectivity index (χ0n) is 36.7. The minimum Gasteiger partial charge on any atom is -0.256 e. The number of benzene rings is 7. The second-order valence-electron chi connectivity index (χ2n) is 17.3. The number of allylic oxidation sites excluding steroid dienone is 10. The molecule has 2 aromatic heterocycles. The van der Waals surface area contributed by atoms with Crippen LogP contribution in [0.3, 0.4) is 0 Å². The molecule has 4 nitrogen and oxygen atoms in total. The predicted octanol–water partition coefficient (Wildman–Crippen LogP) is 15.0. The normalized spacial score (nSPS) is 17.3. The van der Waals surface area contributed by atoms with Crippen LogP contribution in [-0.2, 0) is 5.41 Å². The molecule has 0 bridgehead atoms. The molecule has 0 aliphatic heterocycles. The van der Waals surface area contributed by atoms with Gasteiger partial charge in [0.25, 0.3) is 0 Å². The van der Waals surface area contributed by atoms with Gasteiger partial charge in [0, 0.05) is 39.8 Å². The molecule has 0 N–H and O–H groups in total. The topological polar surface area (TPSA) is 51.6 Å². The number of rotatable bonds is 6. The van der Waals surface area contributed by atoms with Crippen molar-refractivity contribution in [3.63, 3.8) is 0 Å². The maximum Gasteiger partial charge on any atom is 0.164 e. The van der Waals surface area contributed by atoms with Gasteiger partial charge in [-0.2, -0.15) is 0 Å². The third-order valence-electron chi connectivity index (χ3n) is 13.6. The molecule has 0 amide bonds. The summed E-state index contributed by atoms with van der Waals surface area (Å²) in [6, 6.07) is 64.7. The van der Waals surface area contributed by atoms with Gasteiger partial charge in [-0.25, -0.2) is 15.0 Å². The molecule has 3 aliphatic carbocycles. The van der Waals surface area contributed by atoms with Crippen molar-refractivity contribution in [3.05, 3.63) is 264 Å². The Morgan fingerprint density at radius 1 is 0.470 bits per heavy atom. The van der Waals surface area contributed by atoms with Crippen LogP contribution in [0, 0.1) is 5.92 Å². The summed E-state index contributed by atoms with van der Waals surface area (Å²) in [4.78, 5) is 19.8. The molecule has 4 heteroatoms. The van der Waals surface area contributed by atoms with Gasteiger partial charge in [0.05, 0.1) is 10.9 Å². The minimum atomic E-state index is -0.434. The summed E-state index contributed by atoms with van der Waals surface area (Å²) >= 11 is 0. The molecule has 3 aliphatic rings. The molecular formula is C62H44N4. The first kappa shape index (κ1) is 39.3. The highest BCUT2D eigenvalue weighted by Crippen LogP contribution is 2.65. The number of pyridine rings is 1. The summed E-state index contributed by atoms with van der Waals surface area (Å²) in [6.45, 7) is 4.44. The predicted molar refractivity (Wildman–Crippen MR) is 271 cm³/mol. The third kappa shape index (κ3) is 6.29. The fourth-order valence-electron chi connectivity index (χ4n) is 10.6. The molecule has 0 fully saturated rings. The van der Waals surface area contributed by atoms with E-state index in [2.05, 4.69) is 201 Å². The molecule has 312 valence electrons. The largest absolute Gasteiger partial charge is 0.256 e. The molecule has 7 aromatic carbocycles. The molecule has 9 aromatic rings.